The largest absolute Gasteiger partial charge is 0.287 e. The molecule has 0 bridgehead atoms. The molecular formula is C8H4INO2S2. The first kappa shape index (κ1) is 10.2. The maximum absolute atomic E-state index is 10.7. The number of rotatable bonds is 1. The Hall–Kier alpha value is -0.340. The molecule has 72 valence electrons. The third-order valence-electron chi connectivity index (χ3n) is 1.83. The van der Waals surface area contributed by atoms with Crippen LogP contribution in [0.25, 0.3) is 10.1 Å². The van der Waals surface area contributed by atoms with Gasteiger partial charge in [0.2, 0.25) is 0 Å². The topological polar surface area (TPSA) is 43.1 Å². The van der Waals surface area contributed by atoms with Crippen LogP contribution in [0.4, 0.5) is 5.69 Å². The summed E-state index contributed by atoms with van der Waals surface area (Å²) in [5, 5.41) is 13.5. The molecule has 0 fully saturated rings. The molecule has 0 aliphatic rings. The Morgan fingerprint density at radius 2 is 2.21 bits per heavy atom. The summed E-state index contributed by atoms with van der Waals surface area (Å²) in [6, 6.07) is 3.16. The van der Waals surface area contributed by atoms with Crippen LogP contribution in [-0.4, -0.2) is 4.92 Å². The van der Waals surface area contributed by atoms with Gasteiger partial charge in [-0.2, -0.15) is 0 Å². The van der Waals surface area contributed by atoms with Crippen molar-refractivity contribution in [2.24, 2.45) is 0 Å². The molecule has 0 spiro atoms. The Morgan fingerprint density at radius 1 is 1.50 bits per heavy atom. The number of non-ortho nitro benzene ring substituents is 1. The number of benzene rings is 1. The summed E-state index contributed by atoms with van der Waals surface area (Å²) >= 11 is 7.82. The predicted octanol–water partition coefficient (Wildman–Crippen LogP) is 3.70. The Morgan fingerprint density at radius 3 is 2.86 bits per heavy atom. The molecule has 14 heavy (non-hydrogen) atoms. The highest BCUT2D eigenvalue weighted by Gasteiger charge is 2.16. The summed E-state index contributed by atoms with van der Waals surface area (Å²) in [5.74, 6) is 0. The Bertz CT molecular complexity index is 523. The summed E-state index contributed by atoms with van der Waals surface area (Å²) in [6.45, 7) is 0. The van der Waals surface area contributed by atoms with E-state index in [1.807, 2.05) is 5.38 Å². The fraction of sp³-hybridized carbons (Fsp3) is 0. The van der Waals surface area contributed by atoms with Gasteiger partial charge in [0, 0.05) is 25.3 Å². The average Bonchev–Trinajstić information content (AvgIpc) is 2.49. The molecule has 2 rings (SSSR count). The lowest BCUT2D eigenvalue weighted by molar-refractivity contribution is -0.382. The summed E-state index contributed by atoms with van der Waals surface area (Å²) in [6.07, 6.45) is 0. The first-order chi connectivity index (χ1) is 6.61. The van der Waals surface area contributed by atoms with Crippen LogP contribution in [0.1, 0.15) is 0 Å². The summed E-state index contributed by atoms with van der Waals surface area (Å²) in [7, 11) is 0. The molecule has 0 radical (unpaired) electrons. The van der Waals surface area contributed by atoms with Gasteiger partial charge in [-0.1, -0.05) is 0 Å². The number of fused-ring (bicyclic) bond motifs is 1. The smallest absolute Gasteiger partial charge is 0.258 e. The number of hydrogen-bond donors (Lipinski definition) is 1. The average molecular weight is 337 g/mol. The zero-order valence-electron chi connectivity index (χ0n) is 6.73. The Kier molecular flexibility index (Phi) is 2.67. The molecule has 0 N–H and O–H groups in total. The monoisotopic (exact) mass is 337 g/mol. The van der Waals surface area contributed by atoms with E-state index in [1.54, 1.807) is 6.07 Å². The summed E-state index contributed by atoms with van der Waals surface area (Å²) in [4.78, 5) is 11.1. The van der Waals surface area contributed by atoms with Crippen LogP contribution < -0.4 is 0 Å². The van der Waals surface area contributed by atoms with Crippen LogP contribution in [0.2, 0.25) is 0 Å². The van der Waals surface area contributed by atoms with Gasteiger partial charge < -0.3 is 0 Å². The number of nitro groups is 1. The summed E-state index contributed by atoms with van der Waals surface area (Å²) in [5.41, 5.74) is 0.158. The molecule has 2 aromatic rings. The highest BCUT2D eigenvalue weighted by molar-refractivity contribution is 14.1. The first-order valence-corrected chi connectivity index (χ1v) is 6.05. The fourth-order valence-electron chi connectivity index (χ4n) is 1.22. The Balaban J connectivity index is 2.90. The van der Waals surface area contributed by atoms with E-state index in [2.05, 4.69) is 35.2 Å². The molecule has 6 heteroatoms. The minimum absolute atomic E-state index is 0.158. The third-order valence-corrected chi connectivity index (χ3v) is 4.48. The molecular weight excluding hydrogens is 333 g/mol. The minimum Gasteiger partial charge on any atom is -0.258 e. The highest BCUT2D eigenvalue weighted by atomic mass is 127. The van der Waals surface area contributed by atoms with E-state index in [1.165, 1.54) is 17.4 Å². The maximum Gasteiger partial charge on any atom is 0.287 e. The highest BCUT2D eigenvalue weighted by Crippen LogP contribution is 2.37. The van der Waals surface area contributed by atoms with E-state index >= 15 is 0 Å². The Labute approximate surface area is 103 Å². The second-order valence-electron chi connectivity index (χ2n) is 2.65. The van der Waals surface area contributed by atoms with Crippen molar-refractivity contribution in [3.8, 4) is 0 Å². The molecule has 0 atom stereocenters. The SMILES string of the molecule is O=[N+]([O-])c1ccc(S)c2c(I)csc12. The van der Waals surface area contributed by atoms with Crippen molar-refractivity contribution in [1.82, 2.24) is 0 Å². The van der Waals surface area contributed by atoms with E-state index < -0.39 is 0 Å². The second kappa shape index (κ2) is 3.67. The first-order valence-electron chi connectivity index (χ1n) is 3.64. The van der Waals surface area contributed by atoms with Crippen LogP contribution in [0.5, 0.6) is 0 Å². The van der Waals surface area contributed by atoms with Gasteiger partial charge in [-0.25, -0.2) is 0 Å². The normalized spacial score (nSPS) is 10.7. The van der Waals surface area contributed by atoms with E-state index in [4.69, 9.17) is 0 Å². The van der Waals surface area contributed by atoms with Gasteiger partial charge >= 0.3 is 0 Å². The van der Waals surface area contributed by atoms with Crippen molar-refractivity contribution in [2.45, 2.75) is 4.90 Å². The number of halogens is 1. The maximum atomic E-state index is 10.7. The number of thiophene rings is 1. The van der Waals surface area contributed by atoms with Crippen molar-refractivity contribution in [2.75, 3.05) is 0 Å². The lowest BCUT2D eigenvalue weighted by atomic mass is 10.2. The molecule has 1 heterocycles. The van der Waals surface area contributed by atoms with Crippen molar-refractivity contribution in [3.63, 3.8) is 0 Å². The van der Waals surface area contributed by atoms with E-state index in [-0.39, 0.29) is 10.6 Å². The van der Waals surface area contributed by atoms with Crippen LogP contribution in [-0.2, 0) is 0 Å². The van der Waals surface area contributed by atoms with E-state index in [0.29, 0.717) is 4.70 Å². The van der Waals surface area contributed by atoms with Crippen LogP contribution in [0, 0.1) is 13.7 Å². The summed E-state index contributed by atoms with van der Waals surface area (Å²) < 4.78 is 1.71. The standard InChI is InChI=1S/C8H4INO2S2/c9-4-3-14-8-5(10(11)12)1-2-6(13)7(4)8/h1-3,13H. The van der Waals surface area contributed by atoms with Gasteiger partial charge in [0.05, 0.1) is 4.92 Å². The molecule has 0 saturated heterocycles. The van der Waals surface area contributed by atoms with Crippen molar-refractivity contribution in [1.29, 1.82) is 0 Å². The van der Waals surface area contributed by atoms with Crippen molar-refractivity contribution in [3.05, 3.63) is 31.2 Å². The third kappa shape index (κ3) is 1.51. The molecule has 0 aliphatic carbocycles. The minimum atomic E-state index is -0.359. The predicted molar refractivity (Wildman–Crippen MR) is 68.4 cm³/mol. The number of thiol groups is 1. The van der Waals surface area contributed by atoms with E-state index in [9.17, 15) is 10.1 Å². The molecule has 0 aliphatic heterocycles. The fourth-order valence-corrected chi connectivity index (χ4v) is 3.89. The molecule has 0 amide bonds. The van der Waals surface area contributed by atoms with Gasteiger partial charge in [-0.05, 0) is 28.7 Å². The van der Waals surface area contributed by atoms with E-state index in [0.717, 1.165) is 13.9 Å². The van der Waals surface area contributed by atoms with Crippen molar-refractivity contribution < 1.29 is 4.92 Å². The lowest BCUT2D eigenvalue weighted by Crippen LogP contribution is -1.87. The molecule has 1 aromatic heterocycles. The lowest BCUT2D eigenvalue weighted by Gasteiger charge is -1.97. The van der Waals surface area contributed by atoms with Gasteiger partial charge in [0.1, 0.15) is 4.70 Å². The quantitative estimate of drug-likeness (QED) is 0.373. The van der Waals surface area contributed by atoms with Crippen molar-refractivity contribution >= 4 is 62.3 Å². The zero-order valence-corrected chi connectivity index (χ0v) is 10.6. The molecule has 0 unspecified atom stereocenters. The van der Waals surface area contributed by atoms with Crippen LogP contribution in [0.3, 0.4) is 0 Å². The van der Waals surface area contributed by atoms with Gasteiger partial charge in [0.15, 0.2) is 0 Å². The second-order valence-corrected chi connectivity index (χ2v) is 5.17. The number of nitro benzene ring substituents is 1. The zero-order chi connectivity index (χ0) is 10.3. The van der Waals surface area contributed by atoms with Crippen LogP contribution in [0.15, 0.2) is 22.4 Å². The number of hydrogen-bond acceptors (Lipinski definition) is 4. The molecule has 0 saturated carbocycles. The molecule has 3 nitrogen and oxygen atoms in total. The molecule has 1 aromatic carbocycles. The van der Waals surface area contributed by atoms with Gasteiger partial charge in [-0.3, -0.25) is 10.1 Å². The number of nitrogens with zero attached hydrogens (tertiary/aromatic N) is 1. The van der Waals surface area contributed by atoms with Gasteiger partial charge in [-0.15, -0.1) is 24.0 Å². The van der Waals surface area contributed by atoms with Gasteiger partial charge in [0.25, 0.3) is 5.69 Å². The van der Waals surface area contributed by atoms with Crippen LogP contribution >= 0.6 is 46.6 Å².